The lowest BCUT2D eigenvalue weighted by molar-refractivity contribution is 0.0834. The summed E-state index contributed by atoms with van der Waals surface area (Å²) in [4.78, 5) is 12.6. The van der Waals surface area contributed by atoms with E-state index >= 15 is 0 Å². The van der Waals surface area contributed by atoms with E-state index in [1.54, 1.807) is 24.3 Å². The maximum atomic E-state index is 13.5. The summed E-state index contributed by atoms with van der Waals surface area (Å²) in [7, 11) is 0. The van der Waals surface area contributed by atoms with Gasteiger partial charge in [0, 0.05) is 28.5 Å². The Morgan fingerprint density at radius 1 is 1.42 bits per heavy atom. The van der Waals surface area contributed by atoms with Gasteiger partial charge in [-0.3, -0.25) is 4.79 Å². The molecule has 0 bridgehead atoms. The molecule has 2 aliphatic carbocycles. The number of nitrogens with one attached hydrogen (secondary N) is 1. The molecule has 2 saturated carbocycles. The lowest BCUT2D eigenvalue weighted by atomic mass is 9.95. The van der Waals surface area contributed by atoms with Crippen LogP contribution in [0.5, 0.6) is 0 Å². The minimum Gasteiger partial charge on any atom is -0.501 e. The van der Waals surface area contributed by atoms with Crippen molar-refractivity contribution in [2.75, 3.05) is 6.61 Å². The highest BCUT2D eigenvalue weighted by Gasteiger charge is 2.68. The molecule has 1 N–H and O–H groups in total. The first-order chi connectivity index (χ1) is 11.4. The second-order valence-corrected chi connectivity index (χ2v) is 6.80. The first-order valence-corrected chi connectivity index (χ1v) is 8.57. The fourth-order valence-corrected chi connectivity index (χ4v) is 3.64. The molecule has 1 aromatic carbocycles. The Hall–Kier alpha value is -1.62. The van der Waals surface area contributed by atoms with Gasteiger partial charge in [0.2, 0.25) is 0 Å². The summed E-state index contributed by atoms with van der Waals surface area (Å²) in [5, 5.41) is 3.33. The Balaban J connectivity index is 1.69. The van der Waals surface area contributed by atoms with E-state index in [0.29, 0.717) is 42.0 Å². The van der Waals surface area contributed by atoms with Gasteiger partial charge in [-0.25, -0.2) is 8.78 Å². The summed E-state index contributed by atoms with van der Waals surface area (Å²) in [5.74, 6) is -3.89. The molecule has 1 amide bonds. The number of rotatable bonds is 5. The standard InChI is InChI=1S/C18H20ClF2NO2/c1-2-24-8-7-11-3-4-12(19)9-14(11)17(23)22-13-5-6-15-16(10-13)18(15,20)21/h3-4,7-9,13,15-16H,2,5-6,10H2,1H3,(H,22,23)/b8-7+. The second-order valence-electron chi connectivity index (χ2n) is 6.36. The summed E-state index contributed by atoms with van der Waals surface area (Å²) >= 11 is 6.00. The van der Waals surface area contributed by atoms with Crippen molar-refractivity contribution >= 4 is 23.6 Å². The Kier molecular flexibility index (Phi) is 4.81. The van der Waals surface area contributed by atoms with Gasteiger partial charge in [0.05, 0.1) is 12.9 Å². The average molecular weight is 356 g/mol. The summed E-state index contributed by atoms with van der Waals surface area (Å²) in [5.41, 5.74) is 1.10. The van der Waals surface area contributed by atoms with E-state index in [1.165, 1.54) is 6.26 Å². The SMILES string of the molecule is CCO/C=C/c1ccc(Cl)cc1C(=O)NC1CCC2C(C1)C2(F)F. The zero-order chi connectivity index (χ0) is 17.3. The van der Waals surface area contributed by atoms with Crippen LogP contribution in [-0.4, -0.2) is 24.5 Å². The minimum absolute atomic E-state index is 0.213. The molecule has 3 nitrogen and oxygen atoms in total. The predicted octanol–water partition coefficient (Wildman–Crippen LogP) is 4.51. The number of alkyl halides is 2. The van der Waals surface area contributed by atoms with Crippen LogP contribution in [0.15, 0.2) is 24.5 Å². The van der Waals surface area contributed by atoms with E-state index in [-0.39, 0.29) is 11.9 Å². The topological polar surface area (TPSA) is 38.3 Å². The molecule has 2 aliphatic rings. The third-order valence-electron chi connectivity index (χ3n) is 4.84. The minimum atomic E-state index is -2.54. The number of halogens is 3. The Morgan fingerprint density at radius 3 is 2.92 bits per heavy atom. The number of fused-ring (bicyclic) bond motifs is 1. The molecule has 0 heterocycles. The van der Waals surface area contributed by atoms with Gasteiger partial charge in [-0.1, -0.05) is 17.7 Å². The molecule has 0 aromatic heterocycles. The molecule has 2 fully saturated rings. The molecule has 1 aromatic rings. The Labute approximate surface area is 145 Å². The van der Waals surface area contributed by atoms with E-state index < -0.39 is 17.8 Å². The van der Waals surface area contributed by atoms with E-state index in [0.717, 1.165) is 0 Å². The smallest absolute Gasteiger partial charge is 0.254 e. The van der Waals surface area contributed by atoms with Crippen LogP contribution >= 0.6 is 11.6 Å². The predicted molar refractivity (Wildman–Crippen MR) is 89.1 cm³/mol. The quantitative estimate of drug-likeness (QED) is 0.789. The summed E-state index contributed by atoms with van der Waals surface area (Å²) in [6, 6.07) is 4.80. The highest BCUT2D eigenvalue weighted by atomic mass is 35.5. The van der Waals surface area contributed by atoms with Gasteiger partial charge in [-0.15, -0.1) is 0 Å². The van der Waals surface area contributed by atoms with Crippen LogP contribution in [-0.2, 0) is 4.74 Å². The molecule has 0 spiro atoms. The van der Waals surface area contributed by atoms with Crippen LogP contribution in [0.4, 0.5) is 8.78 Å². The van der Waals surface area contributed by atoms with Crippen molar-refractivity contribution in [2.45, 2.75) is 38.2 Å². The Morgan fingerprint density at radius 2 is 2.21 bits per heavy atom. The molecule has 6 heteroatoms. The van der Waals surface area contributed by atoms with Gasteiger partial charge in [0.1, 0.15) is 0 Å². The van der Waals surface area contributed by atoms with Crippen LogP contribution in [0.1, 0.15) is 42.1 Å². The second kappa shape index (κ2) is 6.71. The normalized spacial score (nSPS) is 27.6. The van der Waals surface area contributed by atoms with Crippen molar-refractivity contribution in [3.8, 4) is 0 Å². The van der Waals surface area contributed by atoms with E-state index in [1.807, 2.05) is 6.92 Å². The molecule has 3 unspecified atom stereocenters. The lowest BCUT2D eigenvalue weighted by Gasteiger charge is -2.22. The number of carbonyl (C=O) groups is 1. The van der Waals surface area contributed by atoms with Gasteiger partial charge >= 0.3 is 0 Å². The van der Waals surface area contributed by atoms with Gasteiger partial charge in [0.15, 0.2) is 0 Å². The number of hydrogen-bond acceptors (Lipinski definition) is 2. The van der Waals surface area contributed by atoms with Crippen molar-refractivity contribution in [3.05, 3.63) is 40.6 Å². The average Bonchev–Trinajstić information content (AvgIpc) is 3.10. The molecule has 3 rings (SSSR count). The fraction of sp³-hybridized carbons (Fsp3) is 0.500. The Bertz CT molecular complexity index is 662. The zero-order valence-corrected chi connectivity index (χ0v) is 14.2. The molecule has 0 aliphatic heterocycles. The lowest BCUT2D eigenvalue weighted by Crippen LogP contribution is -2.37. The first-order valence-electron chi connectivity index (χ1n) is 8.19. The maximum absolute atomic E-state index is 13.5. The third kappa shape index (κ3) is 3.41. The van der Waals surface area contributed by atoms with Gasteiger partial charge in [-0.05, 0) is 50.0 Å². The highest BCUT2D eigenvalue weighted by molar-refractivity contribution is 6.31. The molecule has 0 radical (unpaired) electrons. The van der Waals surface area contributed by atoms with Crippen LogP contribution in [0.2, 0.25) is 5.02 Å². The molecule has 3 atom stereocenters. The number of ether oxygens (including phenoxy) is 1. The van der Waals surface area contributed by atoms with Gasteiger partial charge in [-0.2, -0.15) is 0 Å². The van der Waals surface area contributed by atoms with Crippen LogP contribution in [0, 0.1) is 11.8 Å². The first kappa shape index (κ1) is 17.2. The van der Waals surface area contributed by atoms with E-state index in [4.69, 9.17) is 16.3 Å². The monoisotopic (exact) mass is 355 g/mol. The van der Waals surface area contributed by atoms with Gasteiger partial charge < -0.3 is 10.1 Å². The van der Waals surface area contributed by atoms with E-state index in [9.17, 15) is 13.6 Å². The third-order valence-corrected chi connectivity index (χ3v) is 5.07. The molecule has 24 heavy (non-hydrogen) atoms. The number of benzene rings is 1. The van der Waals surface area contributed by atoms with Crippen molar-refractivity contribution in [3.63, 3.8) is 0 Å². The van der Waals surface area contributed by atoms with Gasteiger partial charge in [0.25, 0.3) is 11.8 Å². The summed E-state index contributed by atoms with van der Waals surface area (Å²) in [6.07, 6.45) is 4.62. The largest absolute Gasteiger partial charge is 0.501 e. The maximum Gasteiger partial charge on any atom is 0.254 e. The highest BCUT2D eigenvalue weighted by Crippen LogP contribution is 2.62. The molecular formula is C18H20ClF2NO2. The van der Waals surface area contributed by atoms with Crippen molar-refractivity contribution in [2.24, 2.45) is 11.8 Å². The molecular weight excluding hydrogens is 336 g/mol. The van der Waals surface area contributed by atoms with Crippen molar-refractivity contribution in [1.82, 2.24) is 5.32 Å². The van der Waals surface area contributed by atoms with E-state index in [2.05, 4.69) is 5.32 Å². The molecule has 130 valence electrons. The van der Waals surface area contributed by atoms with Crippen molar-refractivity contribution < 1.29 is 18.3 Å². The van der Waals surface area contributed by atoms with Crippen molar-refractivity contribution in [1.29, 1.82) is 0 Å². The number of amides is 1. The van der Waals surface area contributed by atoms with Crippen LogP contribution in [0.3, 0.4) is 0 Å². The number of carbonyl (C=O) groups excluding carboxylic acids is 1. The summed E-state index contributed by atoms with van der Waals surface area (Å²) < 4.78 is 32.1. The van der Waals surface area contributed by atoms with Crippen LogP contribution in [0.25, 0.3) is 6.08 Å². The fourth-order valence-electron chi connectivity index (χ4n) is 3.46. The van der Waals surface area contributed by atoms with Crippen LogP contribution < -0.4 is 5.32 Å². The number of hydrogen-bond donors (Lipinski definition) is 1. The molecule has 0 saturated heterocycles. The zero-order valence-electron chi connectivity index (χ0n) is 13.4. The summed E-state index contributed by atoms with van der Waals surface area (Å²) in [6.45, 7) is 2.40.